The van der Waals surface area contributed by atoms with Crippen LogP contribution in [0.15, 0.2) is 18.2 Å². The van der Waals surface area contributed by atoms with Crippen LogP contribution >= 0.6 is 0 Å². The molecule has 0 radical (unpaired) electrons. The highest BCUT2D eigenvalue weighted by molar-refractivity contribution is 5.94. The Morgan fingerprint density at radius 3 is 2.65 bits per heavy atom. The van der Waals surface area contributed by atoms with Gasteiger partial charge in [-0.15, -0.1) is 0 Å². The van der Waals surface area contributed by atoms with Gasteiger partial charge in [-0.2, -0.15) is 0 Å². The SMILES string of the molecule is COc1ccc(CN2C(=O)CCC2(C)C(=O)NCCC(C)C)c(OC)c1. The summed E-state index contributed by atoms with van der Waals surface area (Å²) < 4.78 is 10.7. The third kappa shape index (κ3) is 4.29. The van der Waals surface area contributed by atoms with Gasteiger partial charge in [-0.25, -0.2) is 0 Å². The monoisotopic (exact) mass is 362 g/mol. The Kier molecular flexibility index (Phi) is 6.51. The maximum atomic E-state index is 12.8. The molecule has 6 heteroatoms. The minimum absolute atomic E-state index is 0.00983. The van der Waals surface area contributed by atoms with Gasteiger partial charge >= 0.3 is 0 Å². The van der Waals surface area contributed by atoms with Crippen molar-refractivity contribution in [2.75, 3.05) is 20.8 Å². The molecule has 1 unspecified atom stereocenters. The van der Waals surface area contributed by atoms with E-state index in [1.165, 1.54) is 0 Å². The van der Waals surface area contributed by atoms with Crippen LogP contribution in [0.25, 0.3) is 0 Å². The first-order valence-electron chi connectivity index (χ1n) is 9.11. The summed E-state index contributed by atoms with van der Waals surface area (Å²) in [6, 6.07) is 5.49. The summed E-state index contributed by atoms with van der Waals surface area (Å²) in [7, 11) is 3.18. The average Bonchev–Trinajstić information content (AvgIpc) is 2.91. The van der Waals surface area contributed by atoms with Gasteiger partial charge in [0, 0.05) is 24.6 Å². The van der Waals surface area contributed by atoms with Gasteiger partial charge in [-0.1, -0.05) is 13.8 Å². The van der Waals surface area contributed by atoms with E-state index in [1.54, 1.807) is 25.2 Å². The van der Waals surface area contributed by atoms with Crippen LogP contribution in [0.5, 0.6) is 11.5 Å². The van der Waals surface area contributed by atoms with Crippen LogP contribution in [0, 0.1) is 5.92 Å². The molecule has 0 aromatic heterocycles. The van der Waals surface area contributed by atoms with Crippen molar-refractivity contribution in [3.05, 3.63) is 23.8 Å². The molecule has 0 aliphatic carbocycles. The summed E-state index contributed by atoms with van der Waals surface area (Å²) >= 11 is 0. The zero-order valence-electron chi connectivity index (χ0n) is 16.4. The number of benzene rings is 1. The van der Waals surface area contributed by atoms with Crippen molar-refractivity contribution in [2.24, 2.45) is 5.92 Å². The molecule has 1 aromatic rings. The first-order valence-corrected chi connectivity index (χ1v) is 9.11. The quantitative estimate of drug-likeness (QED) is 0.772. The van der Waals surface area contributed by atoms with Gasteiger partial charge in [0.2, 0.25) is 11.8 Å². The lowest BCUT2D eigenvalue weighted by Crippen LogP contribution is -2.54. The normalized spacial score (nSPS) is 19.8. The summed E-state index contributed by atoms with van der Waals surface area (Å²) in [6.07, 6.45) is 1.83. The number of carbonyl (C=O) groups is 2. The molecule has 26 heavy (non-hydrogen) atoms. The van der Waals surface area contributed by atoms with E-state index in [2.05, 4.69) is 19.2 Å². The van der Waals surface area contributed by atoms with E-state index >= 15 is 0 Å². The molecule has 1 aromatic carbocycles. The summed E-state index contributed by atoms with van der Waals surface area (Å²) in [4.78, 5) is 26.9. The number of carbonyl (C=O) groups excluding carboxylic acids is 2. The number of amides is 2. The fraction of sp³-hybridized carbons (Fsp3) is 0.600. The van der Waals surface area contributed by atoms with E-state index in [9.17, 15) is 9.59 Å². The van der Waals surface area contributed by atoms with Crippen LogP contribution < -0.4 is 14.8 Å². The minimum Gasteiger partial charge on any atom is -0.497 e. The number of ether oxygens (including phenoxy) is 2. The second-order valence-corrected chi connectivity index (χ2v) is 7.37. The highest BCUT2D eigenvalue weighted by atomic mass is 16.5. The number of hydrogen-bond donors (Lipinski definition) is 1. The van der Waals surface area contributed by atoms with Gasteiger partial charge in [0.1, 0.15) is 17.0 Å². The Hall–Kier alpha value is -2.24. The van der Waals surface area contributed by atoms with Crippen LogP contribution in [-0.4, -0.2) is 43.0 Å². The van der Waals surface area contributed by atoms with Crippen LogP contribution in [-0.2, 0) is 16.1 Å². The zero-order chi connectivity index (χ0) is 19.3. The fourth-order valence-corrected chi connectivity index (χ4v) is 3.21. The highest BCUT2D eigenvalue weighted by Crippen LogP contribution is 2.34. The predicted molar refractivity (Wildman–Crippen MR) is 100 cm³/mol. The molecule has 1 fully saturated rings. The topological polar surface area (TPSA) is 67.9 Å². The standard InChI is InChI=1S/C20H30N2O4/c1-14(2)9-11-21-19(24)20(3)10-8-18(23)22(20)13-15-6-7-16(25-4)12-17(15)26-5/h6-7,12,14H,8-11,13H2,1-5H3,(H,21,24). The smallest absolute Gasteiger partial charge is 0.245 e. The van der Waals surface area contributed by atoms with Crippen molar-refractivity contribution in [1.29, 1.82) is 0 Å². The third-order valence-corrected chi connectivity index (χ3v) is 5.04. The van der Waals surface area contributed by atoms with Gasteiger partial charge < -0.3 is 19.7 Å². The Balaban J connectivity index is 2.18. The molecule has 2 rings (SSSR count). The number of hydrogen-bond acceptors (Lipinski definition) is 4. The van der Waals surface area contributed by atoms with Crippen molar-refractivity contribution < 1.29 is 19.1 Å². The second-order valence-electron chi connectivity index (χ2n) is 7.37. The van der Waals surface area contributed by atoms with E-state index in [4.69, 9.17) is 9.47 Å². The largest absolute Gasteiger partial charge is 0.497 e. The first-order chi connectivity index (χ1) is 12.3. The molecule has 1 N–H and O–H groups in total. The molecular weight excluding hydrogens is 332 g/mol. The molecule has 1 heterocycles. The zero-order valence-corrected chi connectivity index (χ0v) is 16.4. The molecule has 1 saturated heterocycles. The fourth-order valence-electron chi connectivity index (χ4n) is 3.21. The Morgan fingerprint density at radius 2 is 2.04 bits per heavy atom. The molecule has 0 saturated carbocycles. The minimum atomic E-state index is -0.834. The van der Waals surface area contributed by atoms with Gasteiger partial charge in [0.15, 0.2) is 0 Å². The summed E-state index contributed by atoms with van der Waals surface area (Å²) in [5, 5.41) is 3.00. The highest BCUT2D eigenvalue weighted by Gasteiger charge is 2.47. The Morgan fingerprint density at radius 1 is 1.31 bits per heavy atom. The molecule has 1 atom stereocenters. The van der Waals surface area contributed by atoms with E-state index in [0.29, 0.717) is 43.3 Å². The van der Waals surface area contributed by atoms with Crippen molar-refractivity contribution in [3.8, 4) is 11.5 Å². The number of methoxy groups -OCH3 is 2. The number of likely N-dealkylation sites (tertiary alicyclic amines) is 1. The van der Waals surface area contributed by atoms with Crippen LogP contribution in [0.2, 0.25) is 0 Å². The molecule has 0 spiro atoms. The Labute approximate surface area is 155 Å². The lowest BCUT2D eigenvalue weighted by Gasteiger charge is -2.34. The molecular formula is C20H30N2O4. The molecule has 2 amide bonds. The van der Waals surface area contributed by atoms with Gasteiger partial charge in [0.25, 0.3) is 0 Å². The van der Waals surface area contributed by atoms with Crippen LogP contribution in [0.1, 0.15) is 45.6 Å². The number of rotatable bonds is 8. The van der Waals surface area contributed by atoms with Crippen molar-refractivity contribution in [3.63, 3.8) is 0 Å². The van der Waals surface area contributed by atoms with E-state index < -0.39 is 5.54 Å². The van der Waals surface area contributed by atoms with E-state index in [0.717, 1.165) is 12.0 Å². The molecule has 1 aliphatic heterocycles. The maximum absolute atomic E-state index is 12.8. The molecule has 1 aliphatic rings. The lowest BCUT2D eigenvalue weighted by atomic mass is 9.96. The van der Waals surface area contributed by atoms with Gasteiger partial charge in [-0.05, 0) is 37.8 Å². The van der Waals surface area contributed by atoms with Crippen LogP contribution in [0.4, 0.5) is 0 Å². The van der Waals surface area contributed by atoms with E-state index in [-0.39, 0.29) is 11.8 Å². The summed E-state index contributed by atoms with van der Waals surface area (Å²) in [5.41, 5.74) is 0.0173. The third-order valence-electron chi connectivity index (χ3n) is 5.04. The van der Waals surface area contributed by atoms with Crippen LogP contribution in [0.3, 0.4) is 0 Å². The van der Waals surface area contributed by atoms with Crippen molar-refractivity contribution in [1.82, 2.24) is 10.2 Å². The van der Waals surface area contributed by atoms with Crippen molar-refractivity contribution in [2.45, 2.75) is 52.1 Å². The Bertz CT molecular complexity index is 659. The number of nitrogens with zero attached hydrogens (tertiary/aromatic N) is 1. The van der Waals surface area contributed by atoms with Gasteiger partial charge in [-0.3, -0.25) is 9.59 Å². The number of nitrogens with one attached hydrogen (secondary N) is 1. The molecule has 0 bridgehead atoms. The van der Waals surface area contributed by atoms with E-state index in [1.807, 2.05) is 19.1 Å². The predicted octanol–water partition coefficient (Wildman–Crippen LogP) is 2.75. The molecule has 6 nitrogen and oxygen atoms in total. The second kappa shape index (κ2) is 8.43. The lowest BCUT2D eigenvalue weighted by molar-refractivity contribution is -0.141. The molecule has 144 valence electrons. The summed E-state index contributed by atoms with van der Waals surface area (Å²) in [5.74, 6) is 1.76. The maximum Gasteiger partial charge on any atom is 0.245 e. The first kappa shape index (κ1) is 20.1. The van der Waals surface area contributed by atoms with Crippen molar-refractivity contribution >= 4 is 11.8 Å². The van der Waals surface area contributed by atoms with Gasteiger partial charge in [0.05, 0.1) is 20.8 Å². The average molecular weight is 362 g/mol. The summed E-state index contributed by atoms with van der Waals surface area (Å²) in [6.45, 7) is 7.04.